The molecule has 0 aromatic carbocycles. The van der Waals surface area contributed by atoms with Gasteiger partial charge >= 0.3 is 10.8 Å². The van der Waals surface area contributed by atoms with Crippen molar-refractivity contribution in [3.63, 3.8) is 0 Å². The maximum Gasteiger partial charge on any atom is 0.442 e. The molecule has 0 aromatic rings. The van der Waals surface area contributed by atoms with Crippen LogP contribution < -0.4 is 0 Å². The summed E-state index contributed by atoms with van der Waals surface area (Å²) in [5, 5.41) is 0. The molecule has 0 saturated heterocycles. The van der Waals surface area contributed by atoms with Gasteiger partial charge in [0.2, 0.25) is 0 Å². The zero-order chi connectivity index (χ0) is 14.4. The number of alkyl halides is 5. The Hall–Kier alpha value is -0.330. The summed E-state index contributed by atoms with van der Waals surface area (Å²) >= 11 is 1.87. The second-order valence-corrected chi connectivity index (χ2v) is 5.16. The van der Waals surface area contributed by atoms with E-state index in [-0.39, 0.29) is 13.1 Å². The summed E-state index contributed by atoms with van der Waals surface area (Å²) in [6.45, 7) is 3.98. The third-order valence-corrected chi connectivity index (χ3v) is 3.26. The molecule has 0 heterocycles. The number of rotatable bonds is 7. The molecule has 0 aromatic heterocycles. The zero-order valence-electron chi connectivity index (χ0n) is 10.5. The van der Waals surface area contributed by atoms with Crippen LogP contribution in [0.15, 0.2) is 0 Å². The molecule has 2 nitrogen and oxygen atoms in total. The molecule has 0 saturated carbocycles. The van der Waals surface area contributed by atoms with Crippen LogP contribution in [0.25, 0.3) is 0 Å². The van der Waals surface area contributed by atoms with Crippen molar-refractivity contribution in [2.45, 2.75) is 50.3 Å². The van der Waals surface area contributed by atoms with Crippen LogP contribution in [0.5, 0.6) is 0 Å². The maximum absolute atomic E-state index is 13.5. The minimum atomic E-state index is -5.25. The first-order chi connectivity index (χ1) is 8.18. The number of amides is 1. The fourth-order valence-electron chi connectivity index (χ4n) is 1.33. The molecule has 1 unspecified atom stereocenters. The van der Waals surface area contributed by atoms with Gasteiger partial charge in [-0.15, -0.1) is 0 Å². The highest BCUT2D eigenvalue weighted by atomic mass is 79.9. The molecule has 0 spiro atoms. The van der Waals surface area contributed by atoms with Crippen molar-refractivity contribution in [1.29, 1.82) is 0 Å². The van der Waals surface area contributed by atoms with Gasteiger partial charge in [-0.05, 0) is 28.8 Å². The van der Waals surface area contributed by atoms with Crippen LogP contribution in [0.1, 0.15) is 39.5 Å². The van der Waals surface area contributed by atoms with Gasteiger partial charge in [0.25, 0.3) is 5.91 Å². The fraction of sp³-hybridized carbons (Fsp3) is 0.909. The van der Waals surface area contributed by atoms with E-state index in [0.29, 0.717) is 12.8 Å². The van der Waals surface area contributed by atoms with Gasteiger partial charge in [-0.3, -0.25) is 4.79 Å². The fourth-order valence-corrected chi connectivity index (χ4v) is 1.58. The van der Waals surface area contributed by atoms with Gasteiger partial charge in [0, 0.05) is 13.1 Å². The first-order valence-corrected chi connectivity index (χ1v) is 6.71. The first-order valence-electron chi connectivity index (χ1n) is 5.92. The van der Waals surface area contributed by atoms with Crippen molar-refractivity contribution in [3.8, 4) is 0 Å². The lowest BCUT2D eigenvalue weighted by Crippen LogP contribution is -2.51. The van der Waals surface area contributed by atoms with Gasteiger partial charge in [0.1, 0.15) is 0 Å². The molecule has 0 N–H and O–H groups in total. The van der Waals surface area contributed by atoms with Crippen molar-refractivity contribution in [1.82, 2.24) is 4.90 Å². The molecule has 0 bridgehead atoms. The molecule has 108 valence electrons. The van der Waals surface area contributed by atoms with Gasteiger partial charge in [0.05, 0.1) is 0 Å². The average molecular weight is 336 g/mol. The van der Waals surface area contributed by atoms with Crippen LogP contribution in [0, 0.1) is 0 Å². The molecule has 1 amide bonds. The summed E-state index contributed by atoms with van der Waals surface area (Å²) in [6, 6.07) is 0. The molecule has 0 aliphatic heterocycles. The SMILES string of the molecule is CCCCN(CCCC)C(=O)C(F)(Br)C(F)(F)F. The number of hydrogen-bond donors (Lipinski definition) is 0. The number of halogens is 5. The number of carbonyl (C=O) groups is 1. The number of unbranched alkanes of at least 4 members (excludes halogenated alkanes) is 2. The average Bonchev–Trinajstić information content (AvgIpc) is 2.27. The molecule has 0 aliphatic carbocycles. The molecular weight excluding hydrogens is 318 g/mol. The number of nitrogens with zero attached hydrogens (tertiary/aromatic N) is 1. The summed E-state index contributed by atoms with van der Waals surface area (Å²) in [5.41, 5.74) is 0. The zero-order valence-corrected chi connectivity index (χ0v) is 12.1. The Morgan fingerprint density at radius 3 is 1.72 bits per heavy atom. The van der Waals surface area contributed by atoms with E-state index >= 15 is 0 Å². The van der Waals surface area contributed by atoms with E-state index in [4.69, 9.17) is 0 Å². The molecule has 0 fully saturated rings. The highest BCUT2D eigenvalue weighted by Crippen LogP contribution is 2.40. The van der Waals surface area contributed by atoms with E-state index in [1.54, 1.807) is 0 Å². The number of hydrogen-bond acceptors (Lipinski definition) is 1. The van der Waals surface area contributed by atoms with Crippen LogP contribution in [-0.4, -0.2) is 34.7 Å². The van der Waals surface area contributed by atoms with Gasteiger partial charge in [0.15, 0.2) is 0 Å². The van der Waals surface area contributed by atoms with E-state index in [1.165, 1.54) is 0 Å². The monoisotopic (exact) mass is 335 g/mol. The largest absolute Gasteiger partial charge is 0.442 e. The van der Waals surface area contributed by atoms with Crippen LogP contribution in [-0.2, 0) is 4.79 Å². The minimum Gasteiger partial charge on any atom is -0.339 e. The van der Waals surface area contributed by atoms with Crippen LogP contribution >= 0.6 is 15.9 Å². The second kappa shape index (κ2) is 7.31. The van der Waals surface area contributed by atoms with Crippen molar-refractivity contribution < 1.29 is 22.4 Å². The highest BCUT2D eigenvalue weighted by Gasteiger charge is 2.61. The van der Waals surface area contributed by atoms with E-state index < -0.39 is 16.7 Å². The van der Waals surface area contributed by atoms with Gasteiger partial charge in [-0.2, -0.15) is 13.2 Å². The molecule has 0 rings (SSSR count). The first kappa shape index (κ1) is 17.7. The lowest BCUT2D eigenvalue weighted by molar-refractivity contribution is -0.201. The van der Waals surface area contributed by atoms with E-state index in [9.17, 15) is 22.4 Å². The smallest absolute Gasteiger partial charge is 0.339 e. The Bertz CT molecular complexity index is 260. The molecule has 0 radical (unpaired) electrons. The highest BCUT2D eigenvalue weighted by molar-refractivity contribution is 9.10. The Morgan fingerprint density at radius 1 is 1.06 bits per heavy atom. The topological polar surface area (TPSA) is 20.3 Å². The normalized spacial score (nSPS) is 15.3. The Morgan fingerprint density at radius 2 is 1.44 bits per heavy atom. The maximum atomic E-state index is 13.5. The lowest BCUT2D eigenvalue weighted by Gasteiger charge is -2.29. The standard InChI is InChI=1S/C11H18BrF4NO/c1-3-5-7-17(8-6-4-2)9(18)10(12,13)11(14,15)16/h3-8H2,1-2H3. The molecule has 1 atom stereocenters. The van der Waals surface area contributed by atoms with E-state index in [1.807, 2.05) is 29.8 Å². The minimum absolute atomic E-state index is 0.142. The van der Waals surface area contributed by atoms with Gasteiger partial charge in [-0.25, -0.2) is 4.39 Å². The van der Waals surface area contributed by atoms with E-state index in [2.05, 4.69) is 0 Å². The summed E-state index contributed by atoms with van der Waals surface area (Å²) in [5.74, 6) is -1.56. The van der Waals surface area contributed by atoms with Crippen LogP contribution in [0.2, 0.25) is 0 Å². The van der Waals surface area contributed by atoms with Gasteiger partial charge in [-0.1, -0.05) is 26.7 Å². The number of carbonyl (C=O) groups excluding carboxylic acids is 1. The summed E-state index contributed by atoms with van der Waals surface area (Å²) < 4.78 is 46.8. The molecular formula is C11H18BrF4NO. The van der Waals surface area contributed by atoms with Crippen LogP contribution in [0.4, 0.5) is 17.6 Å². The molecule has 18 heavy (non-hydrogen) atoms. The third kappa shape index (κ3) is 4.74. The summed E-state index contributed by atoms with van der Waals surface area (Å²) in [7, 11) is 0. The summed E-state index contributed by atoms with van der Waals surface area (Å²) in [6.07, 6.45) is -2.69. The Balaban J connectivity index is 4.82. The van der Waals surface area contributed by atoms with Gasteiger partial charge < -0.3 is 4.90 Å². The summed E-state index contributed by atoms with van der Waals surface area (Å²) in [4.78, 5) is 12.5. The van der Waals surface area contributed by atoms with Crippen molar-refractivity contribution in [3.05, 3.63) is 0 Å². The Labute approximate surface area is 113 Å². The Kier molecular flexibility index (Phi) is 7.17. The van der Waals surface area contributed by atoms with Crippen molar-refractivity contribution in [2.75, 3.05) is 13.1 Å². The molecule has 7 heteroatoms. The molecule has 0 aliphatic rings. The van der Waals surface area contributed by atoms with E-state index in [0.717, 1.165) is 17.7 Å². The lowest BCUT2D eigenvalue weighted by atomic mass is 10.2. The van der Waals surface area contributed by atoms with Crippen LogP contribution in [0.3, 0.4) is 0 Å². The van der Waals surface area contributed by atoms with Crippen molar-refractivity contribution in [2.24, 2.45) is 0 Å². The predicted molar refractivity (Wildman–Crippen MR) is 65.2 cm³/mol. The predicted octanol–water partition coefficient (Wildman–Crippen LogP) is 4.04. The van der Waals surface area contributed by atoms with Crippen molar-refractivity contribution >= 4 is 21.8 Å². The quantitative estimate of drug-likeness (QED) is 0.508. The second-order valence-electron chi connectivity index (χ2n) is 4.07. The third-order valence-electron chi connectivity index (χ3n) is 2.48.